The van der Waals surface area contributed by atoms with Crippen LogP contribution in [0.3, 0.4) is 0 Å². The van der Waals surface area contributed by atoms with Gasteiger partial charge in [-0.3, -0.25) is 0 Å². The Bertz CT molecular complexity index is 1130. The summed E-state index contributed by atoms with van der Waals surface area (Å²) in [6.45, 7) is 4.07. The maximum absolute atomic E-state index is 5.98. The number of hydrogen-bond acceptors (Lipinski definition) is 5. The van der Waals surface area contributed by atoms with Gasteiger partial charge in [-0.15, -0.1) is 11.3 Å². The minimum atomic E-state index is 0.597. The van der Waals surface area contributed by atoms with Crippen molar-refractivity contribution in [2.75, 3.05) is 0 Å². The molecule has 0 unspecified atom stereocenters. The van der Waals surface area contributed by atoms with Crippen molar-refractivity contribution in [3.8, 4) is 22.2 Å². The Balaban J connectivity index is 1.70. The van der Waals surface area contributed by atoms with Crippen LogP contribution in [0.1, 0.15) is 11.1 Å². The van der Waals surface area contributed by atoms with Crippen LogP contribution >= 0.6 is 11.3 Å². The van der Waals surface area contributed by atoms with Crippen LogP contribution in [0.4, 0.5) is 0 Å². The third-order valence-electron chi connectivity index (χ3n) is 4.33. The molecular formula is C20H14N2O2S. The number of para-hydroxylation sites is 2. The lowest BCUT2D eigenvalue weighted by Crippen LogP contribution is -1.80. The van der Waals surface area contributed by atoms with Gasteiger partial charge in [-0.05, 0) is 48.6 Å². The van der Waals surface area contributed by atoms with Crippen LogP contribution in [0.5, 0.6) is 0 Å². The van der Waals surface area contributed by atoms with Crippen LogP contribution in [0.25, 0.3) is 44.4 Å². The summed E-state index contributed by atoms with van der Waals surface area (Å²) in [7, 11) is 0. The van der Waals surface area contributed by atoms with E-state index in [2.05, 4.69) is 9.97 Å². The SMILES string of the molecule is Cc1cccc2oc(-c3ccsc3-c3nc4c(C)cccc4o3)nc12. The van der Waals surface area contributed by atoms with Crippen molar-refractivity contribution in [2.24, 2.45) is 0 Å². The van der Waals surface area contributed by atoms with E-state index in [0.717, 1.165) is 43.8 Å². The van der Waals surface area contributed by atoms with Crippen LogP contribution in [-0.2, 0) is 0 Å². The summed E-state index contributed by atoms with van der Waals surface area (Å²) in [5.74, 6) is 1.20. The summed E-state index contributed by atoms with van der Waals surface area (Å²) in [6.07, 6.45) is 0. The molecule has 0 atom stereocenters. The predicted octanol–water partition coefficient (Wildman–Crippen LogP) is 5.98. The number of benzene rings is 2. The number of hydrogen-bond donors (Lipinski definition) is 0. The van der Waals surface area contributed by atoms with Gasteiger partial charge in [-0.1, -0.05) is 24.3 Å². The molecule has 0 bridgehead atoms. The molecule has 0 saturated heterocycles. The summed E-state index contributed by atoms with van der Waals surface area (Å²) >= 11 is 1.58. The van der Waals surface area contributed by atoms with Crippen molar-refractivity contribution in [3.05, 3.63) is 59.0 Å². The monoisotopic (exact) mass is 346 g/mol. The van der Waals surface area contributed by atoms with E-state index in [1.54, 1.807) is 11.3 Å². The molecule has 0 amide bonds. The van der Waals surface area contributed by atoms with E-state index in [1.165, 1.54) is 0 Å². The summed E-state index contributed by atoms with van der Waals surface area (Å²) in [5.41, 5.74) is 6.48. The molecule has 0 N–H and O–H groups in total. The molecule has 3 aromatic heterocycles. The fourth-order valence-electron chi connectivity index (χ4n) is 3.03. The van der Waals surface area contributed by atoms with Gasteiger partial charge in [0.1, 0.15) is 15.9 Å². The molecule has 0 aliphatic heterocycles. The third-order valence-corrected chi connectivity index (χ3v) is 5.23. The van der Waals surface area contributed by atoms with Crippen LogP contribution in [-0.4, -0.2) is 9.97 Å². The van der Waals surface area contributed by atoms with Crippen LogP contribution < -0.4 is 0 Å². The van der Waals surface area contributed by atoms with E-state index in [4.69, 9.17) is 8.83 Å². The Morgan fingerprint density at radius 3 is 2.00 bits per heavy atom. The molecule has 0 aliphatic rings. The van der Waals surface area contributed by atoms with Crippen molar-refractivity contribution in [3.63, 3.8) is 0 Å². The molecule has 4 nitrogen and oxygen atoms in total. The minimum absolute atomic E-state index is 0.597. The number of oxazole rings is 2. The number of fused-ring (bicyclic) bond motifs is 2. The second-order valence-corrected chi connectivity index (χ2v) is 6.96. The topological polar surface area (TPSA) is 52.1 Å². The molecule has 3 heterocycles. The van der Waals surface area contributed by atoms with Gasteiger partial charge in [-0.2, -0.15) is 0 Å². The number of rotatable bonds is 2. The van der Waals surface area contributed by atoms with E-state index in [-0.39, 0.29) is 0 Å². The Morgan fingerprint density at radius 1 is 0.760 bits per heavy atom. The zero-order chi connectivity index (χ0) is 17.0. The highest BCUT2D eigenvalue weighted by Gasteiger charge is 2.20. The van der Waals surface area contributed by atoms with E-state index in [1.807, 2.05) is 61.7 Å². The summed E-state index contributed by atoms with van der Waals surface area (Å²) in [5, 5.41) is 2.01. The standard InChI is InChI=1S/C20H14N2O2S/c1-11-5-3-7-14-16(11)21-19(23-14)13-9-10-25-18(13)20-22-17-12(2)6-4-8-15(17)24-20/h3-10H,1-2H3. The largest absolute Gasteiger partial charge is 0.436 e. The lowest BCUT2D eigenvalue weighted by molar-refractivity contribution is 0.613. The maximum Gasteiger partial charge on any atom is 0.238 e. The van der Waals surface area contributed by atoms with Gasteiger partial charge in [0.15, 0.2) is 11.2 Å². The lowest BCUT2D eigenvalue weighted by Gasteiger charge is -1.94. The van der Waals surface area contributed by atoms with E-state index in [0.29, 0.717) is 11.8 Å². The Hall–Kier alpha value is -2.92. The highest BCUT2D eigenvalue weighted by molar-refractivity contribution is 7.14. The van der Waals surface area contributed by atoms with Gasteiger partial charge >= 0.3 is 0 Å². The molecule has 25 heavy (non-hydrogen) atoms. The smallest absolute Gasteiger partial charge is 0.238 e. The fraction of sp³-hybridized carbons (Fsp3) is 0.100. The predicted molar refractivity (Wildman–Crippen MR) is 99.8 cm³/mol. The number of nitrogens with zero attached hydrogens (tertiary/aromatic N) is 2. The molecule has 0 radical (unpaired) electrons. The number of aromatic nitrogens is 2. The average molecular weight is 346 g/mol. The van der Waals surface area contributed by atoms with Crippen LogP contribution in [0.2, 0.25) is 0 Å². The first kappa shape index (κ1) is 14.4. The van der Waals surface area contributed by atoms with Crippen LogP contribution in [0.15, 0.2) is 56.7 Å². The highest BCUT2D eigenvalue weighted by Crippen LogP contribution is 2.38. The molecule has 2 aromatic carbocycles. The molecule has 0 saturated carbocycles. The second-order valence-electron chi connectivity index (χ2n) is 6.04. The third kappa shape index (κ3) is 2.20. The molecule has 0 fully saturated rings. The summed E-state index contributed by atoms with van der Waals surface area (Å²) in [6, 6.07) is 13.9. The number of thiophene rings is 1. The second kappa shape index (κ2) is 5.29. The summed E-state index contributed by atoms with van der Waals surface area (Å²) < 4.78 is 12.0. The molecule has 5 heteroatoms. The van der Waals surface area contributed by atoms with E-state index in [9.17, 15) is 0 Å². The van der Waals surface area contributed by atoms with E-state index < -0.39 is 0 Å². The molecule has 0 aliphatic carbocycles. The Morgan fingerprint density at radius 2 is 1.36 bits per heavy atom. The van der Waals surface area contributed by atoms with Crippen molar-refractivity contribution in [1.82, 2.24) is 9.97 Å². The molecule has 122 valence electrons. The van der Waals surface area contributed by atoms with Gasteiger partial charge in [-0.25, -0.2) is 9.97 Å². The van der Waals surface area contributed by atoms with Crippen molar-refractivity contribution < 1.29 is 8.83 Å². The normalized spacial score (nSPS) is 11.6. The van der Waals surface area contributed by atoms with Crippen molar-refractivity contribution in [2.45, 2.75) is 13.8 Å². The molecule has 5 aromatic rings. The van der Waals surface area contributed by atoms with Gasteiger partial charge in [0, 0.05) is 0 Å². The Kier molecular flexibility index (Phi) is 3.05. The number of aryl methyl sites for hydroxylation is 2. The first-order valence-corrected chi connectivity index (χ1v) is 8.89. The quantitative estimate of drug-likeness (QED) is 0.394. The van der Waals surface area contributed by atoms with Gasteiger partial charge < -0.3 is 8.83 Å². The highest BCUT2D eigenvalue weighted by atomic mass is 32.1. The van der Waals surface area contributed by atoms with Gasteiger partial charge in [0.25, 0.3) is 0 Å². The minimum Gasteiger partial charge on any atom is -0.436 e. The fourth-order valence-corrected chi connectivity index (χ4v) is 3.84. The van der Waals surface area contributed by atoms with Gasteiger partial charge in [0.05, 0.1) is 5.56 Å². The molecule has 5 rings (SSSR count). The maximum atomic E-state index is 5.98. The van der Waals surface area contributed by atoms with Gasteiger partial charge in [0.2, 0.25) is 11.8 Å². The average Bonchev–Trinajstić information content (AvgIpc) is 3.32. The first-order chi connectivity index (χ1) is 12.2. The zero-order valence-corrected chi connectivity index (χ0v) is 14.6. The zero-order valence-electron chi connectivity index (χ0n) is 13.7. The van der Waals surface area contributed by atoms with Crippen molar-refractivity contribution >= 4 is 33.5 Å². The van der Waals surface area contributed by atoms with Crippen LogP contribution in [0, 0.1) is 13.8 Å². The van der Waals surface area contributed by atoms with E-state index >= 15 is 0 Å². The van der Waals surface area contributed by atoms with Crippen molar-refractivity contribution in [1.29, 1.82) is 0 Å². The Labute approximate surface area is 147 Å². The lowest BCUT2D eigenvalue weighted by atomic mass is 10.2. The molecule has 0 spiro atoms. The summed E-state index contributed by atoms with van der Waals surface area (Å²) in [4.78, 5) is 10.3. The molecular weight excluding hydrogens is 332 g/mol. The first-order valence-electron chi connectivity index (χ1n) is 8.01.